The largest absolute Gasteiger partial charge is 0.350 e. The van der Waals surface area contributed by atoms with Gasteiger partial charge in [-0.15, -0.1) is 0 Å². The lowest BCUT2D eigenvalue weighted by Gasteiger charge is -2.25. The van der Waals surface area contributed by atoms with E-state index < -0.39 is 23.8 Å². The maximum Gasteiger partial charge on any atom is 0.262 e. The highest BCUT2D eigenvalue weighted by molar-refractivity contribution is 6.22. The molecule has 0 bridgehead atoms. The molecule has 1 aliphatic heterocycles. The molecule has 3 aromatic rings. The van der Waals surface area contributed by atoms with Crippen LogP contribution in [-0.4, -0.2) is 28.7 Å². The zero-order valence-electron chi connectivity index (χ0n) is 16.0. The van der Waals surface area contributed by atoms with Crippen molar-refractivity contribution in [3.63, 3.8) is 0 Å². The first-order valence-corrected chi connectivity index (χ1v) is 9.57. The van der Waals surface area contributed by atoms with E-state index >= 15 is 0 Å². The predicted molar refractivity (Wildman–Crippen MR) is 109 cm³/mol. The van der Waals surface area contributed by atoms with Gasteiger partial charge in [0.25, 0.3) is 11.8 Å². The maximum atomic E-state index is 13.1. The smallest absolute Gasteiger partial charge is 0.262 e. The van der Waals surface area contributed by atoms with Gasteiger partial charge in [0.15, 0.2) is 0 Å². The zero-order chi connectivity index (χ0) is 21.1. The fourth-order valence-electron chi connectivity index (χ4n) is 3.54. The number of halogens is 1. The van der Waals surface area contributed by atoms with Crippen molar-refractivity contribution in [2.75, 3.05) is 0 Å². The number of imide groups is 1. The van der Waals surface area contributed by atoms with Gasteiger partial charge in [-0.3, -0.25) is 19.3 Å². The van der Waals surface area contributed by atoms with Gasteiger partial charge in [-0.25, -0.2) is 4.39 Å². The molecule has 4 rings (SSSR count). The summed E-state index contributed by atoms with van der Waals surface area (Å²) < 4.78 is 13.1. The Labute approximate surface area is 173 Å². The lowest BCUT2D eigenvalue weighted by molar-refractivity contribution is -0.125. The average Bonchev–Trinajstić information content (AvgIpc) is 3.02. The second kappa shape index (κ2) is 8.29. The molecule has 30 heavy (non-hydrogen) atoms. The van der Waals surface area contributed by atoms with E-state index in [1.807, 2.05) is 30.3 Å². The third-order valence-electron chi connectivity index (χ3n) is 5.09. The van der Waals surface area contributed by atoms with E-state index in [4.69, 9.17) is 0 Å². The van der Waals surface area contributed by atoms with E-state index in [1.165, 1.54) is 12.1 Å². The Hall–Kier alpha value is -3.80. The Morgan fingerprint density at radius 2 is 1.37 bits per heavy atom. The molecule has 0 saturated heterocycles. The molecule has 0 aromatic heterocycles. The molecule has 1 atom stereocenters. The second-order valence-corrected chi connectivity index (χ2v) is 7.08. The molecule has 150 valence electrons. The summed E-state index contributed by atoms with van der Waals surface area (Å²) in [6, 6.07) is 20.6. The third-order valence-corrected chi connectivity index (χ3v) is 5.09. The molecule has 0 aliphatic carbocycles. The van der Waals surface area contributed by atoms with Gasteiger partial charge < -0.3 is 5.32 Å². The highest BCUT2D eigenvalue weighted by atomic mass is 19.1. The van der Waals surface area contributed by atoms with Gasteiger partial charge in [0.05, 0.1) is 11.1 Å². The minimum absolute atomic E-state index is 0.160. The van der Waals surface area contributed by atoms with Crippen LogP contribution >= 0.6 is 0 Å². The van der Waals surface area contributed by atoms with E-state index in [1.54, 1.807) is 36.4 Å². The van der Waals surface area contributed by atoms with Crippen molar-refractivity contribution < 1.29 is 18.8 Å². The average molecular weight is 402 g/mol. The second-order valence-electron chi connectivity index (χ2n) is 7.08. The first-order valence-electron chi connectivity index (χ1n) is 9.57. The standard InChI is InChI=1S/C24H19FN2O3/c25-18-12-10-17(11-13-18)15-26-22(28)21(14-16-6-2-1-3-7-16)27-23(29)19-8-4-5-9-20(19)24(27)30/h1-13,21H,14-15H2,(H,26,28). The predicted octanol–water partition coefficient (Wildman–Crippen LogP) is 3.35. The van der Waals surface area contributed by atoms with E-state index in [2.05, 4.69) is 5.32 Å². The Morgan fingerprint density at radius 1 is 0.800 bits per heavy atom. The summed E-state index contributed by atoms with van der Waals surface area (Å²) in [5.41, 5.74) is 2.14. The van der Waals surface area contributed by atoms with Crippen LogP contribution in [0.1, 0.15) is 31.8 Å². The van der Waals surface area contributed by atoms with Gasteiger partial charge in [0.1, 0.15) is 11.9 Å². The van der Waals surface area contributed by atoms with Crippen molar-refractivity contribution in [3.8, 4) is 0 Å². The first-order chi connectivity index (χ1) is 14.5. The molecule has 0 spiro atoms. The molecule has 1 heterocycles. The van der Waals surface area contributed by atoms with Crippen molar-refractivity contribution in [1.29, 1.82) is 0 Å². The van der Waals surface area contributed by atoms with Gasteiger partial charge in [-0.1, -0.05) is 54.6 Å². The summed E-state index contributed by atoms with van der Waals surface area (Å²) in [5, 5.41) is 2.78. The quantitative estimate of drug-likeness (QED) is 0.643. The summed E-state index contributed by atoms with van der Waals surface area (Å²) in [5.74, 6) is -1.77. The van der Waals surface area contributed by atoms with Gasteiger partial charge in [0.2, 0.25) is 5.91 Å². The molecule has 0 fully saturated rings. The minimum Gasteiger partial charge on any atom is -0.350 e. The SMILES string of the molecule is O=C(NCc1ccc(F)cc1)C(Cc1ccccc1)N1C(=O)c2ccccc2C1=O. The molecular weight excluding hydrogens is 383 g/mol. The van der Waals surface area contributed by atoms with Gasteiger partial charge in [-0.2, -0.15) is 0 Å². The monoisotopic (exact) mass is 402 g/mol. The summed E-state index contributed by atoms with van der Waals surface area (Å²) in [4.78, 5) is 40.0. The summed E-state index contributed by atoms with van der Waals surface area (Å²) >= 11 is 0. The van der Waals surface area contributed by atoms with Crippen molar-refractivity contribution >= 4 is 17.7 Å². The van der Waals surface area contributed by atoms with Gasteiger partial charge >= 0.3 is 0 Å². The summed E-state index contributed by atoms with van der Waals surface area (Å²) in [6.45, 7) is 0.160. The van der Waals surface area contributed by atoms with Crippen LogP contribution in [0.4, 0.5) is 4.39 Å². The lowest BCUT2D eigenvalue weighted by Crippen LogP contribution is -2.50. The maximum absolute atomic E-state index is 13.1. The van der Waals surface area contributed by atoms with Crippen LogP contribution in [0, 0.1) is 5.82 Å². The number of nitrogens with zero attached hydrogens (tertiary/aromatic N) is 1. The zero-order valence-corrected chi connectivity index (χ0v) is 16.0. The van der Waals surface area contributed by atoms with Crippen LogP contribution in [0.5, 0.6) is 0 Å². The number of amides is 3. The van der Waals surface area contributed by atoms with Crippen molar-refractivity contribution in [1.82, 2.24) is 10.2 Å². The summed E-state index contributed by atoms with van der Waals surface area (Å²) in [7, 11) is 0. The van der Waals surface area contributed by atoms with Crippen molar-refractivity contribution in [3.05, 3.63) is 107 Å². The van der Waals surface area contributed by atoms with Gasteiger partial charge in [0, 0.05) is 13.0 Å². The molecule has 0 saturated carbocycles. The third kappa shape index (κ3) is 3.85. The Kier molecular flexibility index (Phi) is 5.39. The molecule has 6 heteroatoms. The number of hydrogen-bond acceptors (Lipinski definition) is 3. The number of rotatable bonds is 6. The van der Waals surface area contributed by atoms with Crippen molar-refractivity contribution in [2.45, 2.75) is 19.0 Å². The molecule has 3 amide bonds. The number of fused-ring (bicyclic) bond motifs is 1. The van der Waals surface area contributed by atoms with Crippen LogP contribution in [0.15, 0.2) is 78.9 Å². The Balaban J connectivity index is 1.60. The van der Waals surface area contributed by atoms with E-state index in [0.717, 1.165) is 10.5 Å². The Morgan fingerprint density at radius 3 is 1.97 bits per heavy atom. The van der Waals surface area contributed by atoms with Crippen LogP contribution < -0.4 is 5.32 Å². The van der Waals surface area contributed by atoms with Crippen LogP contribution in [-0.2, 0) is 17.8 Å². The highest BCUT2D eigenvalue weighted by Gasteiger charge is 2.42. The van der Waals surface area contributed by atoms with Crippen LogP contribution in [0.25, 0.3) is 0 Å². The molecule has 3 aromatic carbocycles. The van der Waals surface area contributed by atoms with E-state index in [0.29, 0.717) is 16.7 Å². The van der Waals surface area contributed by atoms with Crippen LogP contribution in [0.3, 0.4) is 0 Å². The first kappa shape index (κ1) is 19.5. The number of nitrogens with one attached hydrogen (secondary N) is 1. The molecule has 1 aliphatic rings. The number of hydrogen-bond donors (Lipinski definition) is 1. The minimum atomic E-state index is -1.000. The topological polar surface area (TPSA) is 66.5 Å². The molecule has 0 radical (unpaired) electrons. The molecular formula is C24H19FN2O3. The van der Waals surface area contributed by atoms with E-state index in [9.17, 15) is 18.8 Å². The number of benzene rings is 3. The fourth-order valence-corrected chi connectivity index (χ4v) is 3.54. The highest BCUT2D eigenvalue weighted by Crippen LogP contribution is 2.26. The van der Waals surface area contributed by atoms with Gasteiger partial charge in [-0.05, 0) is 35.4 Å². The number of carbonyl (C=O) groups is 3. The lowest BCUT2D eigenvalue weighted by atomic mass is 10.0. The Bertz CT molecular complexity index is 1060. The van der Waals surface area contributed by atoms with E-state index in [-0.39, 0.29) is 18.8 Å². The number of carbonyl (C=O) groups excluding carboxylic acids is 3. The normalized spacial score (nSPS) is 13.8. The summed E-state index contributed by atoms with van der Waals surface area (Å²) in [6.07, 6.45) is 0.196. The molecule has 1 N–H and O–H groups in total. The molecule has 5 nitrogen and oxygen atoms in total. The molecule has 1 unspecified atom stereocenters. The van der Waals surface area contributed by atoms with Crippen molar-refractivity contribution in [2.24, 2.45) is 0 Å². The fraction of sp³-hybridized carbons (Fsp3) is 0.125. The van der Waals surface area contributed by atoms with Crippen LogP contribution in [0.2, 0.25) is 0 Å².